The molecule has 1 aromatic heterocycles. The Morgan fingerprint density at radius 3 is 2.61 bits per heavy atom. The van der Waals surface area contributed by atoms with Crippen molar-refractivity contribution in [2.75, 3.05) is 11.4 Å². The fourth-order valence-corrected chi connectivity index (χ4v) is 1.78. The molecule has 1 aromatic rings. The maximum absolute atomic E-state index is 12.5. The zero-order valence-electron chi connectivity index (χ0n) is 9.25. The Labute approximate surface area is 106 Å². The minimum atomic E-state index is -4.47. The van der Waals surface area contributed by atoms with Crippen LogP contribution in [-0.2, 0) is 11.0 Å². The standard InChI is InChI=1S/C11H8ClF3N2O/c1-6-8(12)5-17(10(6)18)9-4-7(2-3-16-9)11(13,14)15/h2-4H,5H2,1H3. The monoisotopic (exact) mass is 276 g/mol. The molecule has 18 heavy (non-hydrogen) atoms. The molecule has 96 valence electrons. The lowest BCUT2D eigenvalue weighted by molar-refractivity contribution is -0.137. The summed E-state index contributed by atoms with van der Waals surface area (Å²) in [5.41, 5.74) is -0.517. The molecule has 0 fully saturated rings. The third kappa shape index (κ3) is 2.20. The van der Waals surface area contributed by atoms with Crippen LogP contribution in [0, 0.1) is 0 Å². The molecule has 0 atom stereocenters. The van der Waals surface area contributed by atoms with Gasteiger partial charge in [-0.25, -0.2) is 4.98 Å². The van der Waals surface area contributed by atoms with E-state index in [1.54, 1.807) is 0 Å². The van der Waals surface area contributed by atoms with Crippen molar-refractivity contribution in [1.82, 2.24) is 4.98 Å². The van der Waals surface area contributed by atoms with Crippen molar-refractivity contribution in [3.63, 3.8) is 0 Å². The number of halogens is 4. The van der Waals surface area contributed by atoms with Gasteiger partial charge < -0.3 is 0 Å². The van der Waals surface area contributed by atoms with Crippen LogP contribution in [0.25, 0.3) is 0 Å². The molecule has 0 radical (unpaired) electrons. The number of carbonyl (C=O) groups excluding carboxylic acids is 1. The maximum Gasteiger partial charge on any atom is 0.416 e. The highest BCUT2D eigenvalue weighted by Crippen LogP contribution is 2.32. The summed E-state index contributed by atoms with van der Waals surface area (Å²) in [5.74, 6) is -0.475. The van der Waals surface area contributed by atoms with Crippen molar-refractivity contribution in [2.24, 2.45) is 0 Å². The van der Waals surface area contributed by atoms with Gasteiger partial charge in [-0.15, -0.1) is 0 Å². The number of hydrogen-bond donors (Lipinski definition) is 0. The third-order valence-corrected chi connectivity index (χ3v) is 3.02. The molecular formula is C11H8ClF3N2O. The summed E-state index contributed by atoms with van der Waals surface area (Å²) < 4.78 is 37.6. The number of rotatable bonds is 1. The van der Waals surface area contributed by atoms with E-state index in [2.05, 4.69) is 4.98 Å². The molecule has 0 N–H and O–H groups in total. The summed E-state index contributed by atoms with van der Waals surface area (Å²) in [6.07, 6.45) is -3.44. The molecule has 2 rings (SSSR count). The first kappa shape index (κ1) is 12.9. The van der Waals surface area contributed by atoms with Crippen LogP contribution in [0.4, 0.5) is 19.0 Å². The van der Waals surface area contributed by atoms with Crippen LogP contribution >= 0.6 is 11.6 Å². The first-order valence-electron chi connectivity index (χ1n) is 5.01. The zero-order chi connectivity index (χ0) is 13.5. The Morgan fingerprint density at radius 2 is 2.11 bits per heavy atom. The molecule has 0 bridgehead atoms. The first-order valence-corrected chi connectivity index (χ1v) is 5.39. The number of anilines is 1. The van der Waals surface area contributed by atoms with Crippen LogP contribution in [0.15, 0.2) is 28.9 Å². The zero-order valence-corrected chi connectivity index (χ0v) is 10.0. The summed E-state index contributed by atoms with van der Waals surface area (Å²) in [5, 5.41) is 0.319. The SMILES string of the molecule is CC1=C(Cl)CN(c2cc(C(F)(F)F)ccn2)C1=O. The van der Waals surface area contributed by atoms with Gasteiger partial charge in [0, 0.05) is 16.8 Å². The van der Waals surface area contributed by atoms with E-state index < -0.39 is 17.6 Å². The smallest absolute Gasteiger partial charge is 0.288 e. The van der Waals surface area contributed by atoms with E-state index in [1.165, 1.54) is 6.92 Å². The van der Waals surface area contributed by atoms with Crippen molar-refractivity contribution >= 4 is 23.3 Å². The number of amides is 1. The maximum atomic E-state index is 12.5. The predicted molar refractivity (Wildman–Crippen MR) is 60.1 cm³/mol. The molecule has 0 saturated heterocycles. The van der Waals surface area contributed by atoms with Crippen LogP contribution in [0.5, 0.6) is 0 Å². The normalized spacial score (nSPS) is 16.7. The van der Waals surface area contributed by atoms with Gasteiger partial charge in [-0.1, -0.05) is 11.6 Å². The van der Waals surface area contributed by atoms with E-state index in [0.29, 0.717) is 10.6 Å². The van der Waals surface area contributed by atoms with E-state index in [9.17, 15) is 18.0 Å². The van der Waals surface area contributed by atoms with Crippen LogP contribution < -0.4 is 4.90 Å². The van der Waals surface area contributed by atoms with Gasteiger partial charge in [0.15, 0.2) is 0 Å². The fourth-order valence-electron chi connectivity index (χ4n) is 1.58. The highest BCUT2D eigenvalue weighted by Gasteiger charge is 2.33. The number of alkyl halides is 3. The van der Waals surface area contributed by atoms with Gasteiger partial charge in [0.25, 0.3) is 5.91 Å². The topological polar surface area (TPSA) is 33.2 Å². The predicted octanol–water partition coefficient (Wildman–Crippen LogP) is 2.96. The van der Waals surface area contributed by atoms with Crippen molar-refractivity contribution in [2.45, 2.75) is 13.1 Å². The van der Waals surface area contributed by atoms with Crippen LogP contribution in [0.3, 0.4) is 0 Å². The number of hydrogen-bond acceptors (Lipinski definition) is 2. The van der Waals surface area contributed by atoms with Gasteiger partial charge in [-0.2, -0.15) is 13.2 Å². The molecule has 0 spiro atoms. The molecule has 1 aliphatic heterocycles. The Balaban J connectivity index is 2.35. The summed E-state index contributed by atoms with van der Waals surface area (Å²) in [6, 6.07) is 1.69. The molecule has 2 heterocycles. The molecular weight excluding hydrogens is 269 g/mol. The third-order valence-electron chi connectivity index (χ3n) is 2.62. The number of carbonyl (C=O) groups is 1. The van der Waals surface area contributed by atoms with Crippen LogP contribution in [0.2, 0.25) is 0 Å². The minimum Gasteiger partial charge on any atom is -0.288 e. The second kappa shape index (κ2) is 4.28. The first-order chi connectivity index (χ1) is 8.30. The van der Waals surface area contributed by atoms with Crippen LogP contribution in [0.1, 0.15) is 12.5 Å². The lowest BCUT2D eigenvalue weighted by Crippen LogP contribution is -2.27. The molecule has 7 heteroatoms. The lowest BCUT2D eigenvalue weighted by Gasteiger charge is -2.16. The van der Waals surface area contributed by atoms with Crippen molar-refractivity contribution in [3.05, 3.63) is 34.5 Å². The number of aromatic nitrogens is 1. The fraction of sp³-hybridized carbons (Fsp3) is 0.273. The molecule has 0 aromatic carbocycles. The summed E-state index contributed by atoms with van der Waals surface area (Å²) in [4.78, 5) is 16.6. The van der Waals surface area contributed by atoms with E-state index >= 15 is 0 Å². The Kier molecular flexibility index (Phi) is 3.06. The molecule has 0 saturated carbocycles. The van der Waals surface area contributed by atoms with E-state index in [4.69, 9.17) is 11.6 Å². The van der Waals surface area contributed by atoms with Gasteiger partial charge in [0.1, 0.15) is 5.82 Å². The number of nitrogens with zero attached hydrogens (tertiary/aromatic N) is 2. The quantitative estimate of drug-likeness (QED) is 0.790. The Bertz CT molecular complexity index is 539. The largest absolute Gasteiger partial charge is 0.416 e. The van der Waals surface area contributed by atoms with Crippen LogP contribution in [-0.4, -0.2) is 17.4 Å². The molecule has 3 nitrogen and oxygen atoms in total. The minimum absolute atomic E-state index is 0.0511. The van der Waals surface area contributed by atoms with E-state index in [1.807, 2.05) is 0 Å². The average Bonchev–Trinajstić information content (AvgIpc) is 2.56. The number of pyridine rings is 1. The van der Waals surface area contributed by atoms with Gasteiger partial charge in [-0.05, 0) is 19.1 Å². The Hall–Kier alpha value is -1.56. The van der Waals surface area contributed by atoms with E-state index in [-0.39, 0.29) is 12.4 Å². The highest BCUT2D eigenvalue weighted by atomic mass is 35.5. The van der Waals surface area contributed by atoms with E-state index in [0.717, 1.165) is 23.2 Å². The molecule has 0 aliphatic carbocycles. The highest BCUT2D eigenvalue weighted by molar-refractivity contribution is 6.35. The van der Waals surface area contributed by atoms with Crippen molar-refractivity contribution < 1.29 is 18.0 Å². The van der Waals surface area contributed by atoms with Crippen molar-refractivity contribution in [3.8, 4) is 0 Å². The Morgan fingerprint density at radius 1 is 1.44 bits per heavy atom. The molecule has 0 unspecified atom stereocenters. The summed E-state index contributed by atoms with van der Waals surface area (Å²) in [6.45, 7) is 1.58. The van der Waals surface area contributed by atoms with Gasteiger partial charge in [-0.3, -0.25) is 9.69 Å². The van der Waals surface area contributed by atoms with Gasteiger partial charge in [0.2, 0.25) is 0 Å². The van der Waals surface area contributed by atoms with Gasteiger partial charge in [0.05, 0.1) is 12.1 Å². The lowest BCUT2D eigenvalue weighted by atomic mass is 10.2. The molecule has 1 amide bonds. The molecule has 1 aliphatic rings. The second-order valence-corrected chi connectivity index (χ2v) is 4.28. The average molecular weight is 277 g/mol. The summed E-state index contributed by atoms with van der Waals surface area (Å²) >= 11 is 5.80. The summed E-state index contributed by atoms with van der Waals surface area (Å²) in [7, 11) is 0. The van der Waals surface area contributed by atoms with Crippen molar-refractivity contribution in [1.29, 1.82) is 0 Å². The second-order valence-electron chi connectivity index (χ2n) is 3.82. The van der Waals surface area contributed by atoms with Gasteiger partial charge >= 0.3 is 6.18 Å².